The summed E-state index contributed by atoms with van der Waals surface area (Å²) in [5.74, 6) is 0.233. The summed E-state index contributed by atoms with van der Waals surface area (Å²) in [6.45, 7) is 0.256. The molecule has 0 saturated heterocycles. The largest absolute Gasteiger partial charge is 0.492 e. The Morgan fingerprint density at radius 2 is 2.05 bits per heavy atom. The maximum atomic E-state index is 10.7. The molecule has 0 aliphatic carbocycles. The molecule has 19 heavy (non-hydrogen) atoms. The first kappa shape index (κ1) is 16.2. The number of rotatable bonds is 7. The molecule has 0 fully saturated rings. The number of non-ortho nitro benzene ring substituents is 1. The van der Waals surface area contributed by atoms with Gasteiger partial charge in [0.15, 0.2) is 0 Å². The van der Waals surface area contributed by atoms with Gasteiger partial charge in [-0.1, -0.05) is 0 Å². The second kappa shape index (κ2) is 7.06. The van der Waals surface area contributed by atoms with E-state index in [2.05, 4.69) is 15.9 Å². The third-order valence-corrected chi connectivity index (χ3v) is 4.06. The van der Waals surface area contributed by atoms with Gasteiger partial charge in [-0.05, 0) is 34.8 Å². The van der Waals surface area contributed by atoms with Crippen molar-refractivity contribution in [2.24, 2.45) is 0 Å². The van der Waals surface area contributed by atoms with Crippen LogP contribution in [-0.2, 0) is 9.05 Å². The molecule has 0 spiro atoms. The lowest BCUT2D eigenvalue weighted by atomic mass is 10.3. The summed E-state index contributed by atoms with van der Waals surface area (Å²) < 4.78 is 27.3. The topological polar surface area (TPSA) is 86.5 Å². The van der Waals surface area contributed by atoms with Crippen molar-refractivity contribution in [3.63, 3.8) is 0 Å². The van der Waals surface area contributed by atoms with Crippen molar-refractivity contribution < 1.29 is 18.1 Å². The van der Waals surface area contributed by atoms with Gasteiger partial charge in [-0.2, -0.15) is 0 Å². The van der Waals surface area contributed by atoms with Gasteiger partial charge < -0.3 is 4.74 Å². The molecule has 9 heteroatoms. The Morgan fingerprint density at radius 3 is 2.63 bits per heavy atom. The smallest absolute Gasteiger partial charge is 0.273 e. The van der Waals surface area contributed by atoms with E-state index in [0.717, 1.165) is 0 Å². The van der Waals surface area contributed by atoms with E-state index in [4.69, 9.17) is 15.4 Å². The molecular weight excluding hydrogens is 362 g/mol. The van der Waals surface area contributed by atoms with Crippen LogP contribution >= 0.6 is 26.6 Å². The zero-order valence-electron chi connectivity index (χ0n) is 9.71. The standard InChI is InChI=1S/C10H11BrClNO5S/c11-9-4-3-8(13(14)15)7-10(9)18-5-1-2-6-19(12,16)17/h3-4,7H,1-2,5-6H2. The van der Waals surface area contributed by atoms with E-state index >= 15 is 0 Å². The minimum Gasteiger partial charge on any atom is -0.492 e. The Balaban J connectivity index is 2.49. The van der Waals surface area contributed by atoms with Gasteiger partial charge in [-0.25, -0.2) is 8.42 Å². The van der Waals surface area contributed by atoms with Crippen molar-refractivity contribution in [3.8, 4) is 5.75 Å². The molecule has 0 heterocycles. The maximum absolute atomic E-state index is 10.7. The highest BCUT2D eigenvalue weighted by atomic mass is 79.9. The SMILES string of the molecule is O=[N+]([O-])c1ccc(Br)c(OCCCCS(=O)(=O)Cl)c1. The fourth-order valence-electron chi connectivity index (χ4n) is 1.27. The highest BCUT2D eigenvalue weighted by Gasteiger charge is 2.10. The Hall–Kier alpha value is -0.860. The second-order valence-corrected chi connectivity index (χ2v) is 7.42. The summed E-state index contributed by atoms with van der Waals surface area (Å²) in [5, 5.41) is 10.6. The van der Waals surface area contributed by atoms with Gasteiger partial charge in [0.05, 0.1) is 27.8 Å². The lowest BCUT2D eigenvalue weighted by molar-refractivity contribution is -0.385. The summed E-state index contributed by atoms with van der Waals surface area (Å²) in [7, 11) is 1.58. The van der Waals surface area contributed by atoms with Crippen LogP contribution in [0.1, 0.15) is 12.8 Å². The van der Waals surface area contributed by atoms with Crippen LogP contribution in [0, 0.1) is 10.1 Å². The van der Waals surface area contributed by atoms with Gasteiger partial charge in [0.25, 0.3) is 5.69 Å². The summed E-state index contributed by atoms with van der Waals surface area (Å²) in [5.41, 5.74) is -0.0680. The number of unbranched alkanes of at least 4 members (excludes halogenated alkanes) is 1. The van der Waals surface area contributed by atoms with E-state index < -0.39 is 14.0 Å². The molecule has 0 amide bonds. The minimum absolute atomic E-state index is 0.0680. The number of nitrogens with zero attached hydrogens (tertiary/aromatic N) is 1. The van der Waals surface area contributed by atoms with Crippen LogP contribution in [0.15, 0.2) is 22.7 Å². The zero-order valence-corrected chi connectivity index (χ0v) is 12.9. The third-order valence-electron chi connectivity index (χ3n) is 2.17. The first-order chi connectivity index (χ1) is 8.79. The third kappa shape index (κ3) is 6.22. The Morgan fingerprint density at radius 1 is 1.37 bits per heavy atom. The van der Waals surface area contributed by atoms with Gasteiger partial charge in [0, 0.05) is 16.7 Å². The number of hydrogen-bond acceptors (Lipinski definition) is 5. The van der Waals surface area contributed by atoms with E-state index in [9.17, 15) is 18.5 Å². The number of benzene rings is 1. The van der Waals surface area contributed by atoms with Crippen molar-refractivity contribution >= 4 is 41.4 Å². The molecule has 0 atom stereocenters. The molecule has 6 nitrogen and oxygen atoms in total. The van der Waals surface area contributed by atoms with Gasteiger partial charge in [0.2, 0.25) is 9.05 Å². The molecule has 0 bridgehead atoms. The van der Waals surface area contributed by atoms with Crippen LogP contribution in [-0.4, -0.2) is 25.7 Å². The van der Waals surface area contributed by atoms with Crippen molar-refractivity contribution in [1.82, 2.24) is 0 Å². The predicted octanol–water partition coefficient (Wildman–Crippen LogP) is 3.08. The van der Waals surface area contributed by atoms with Gasteiger partial charge >= 0.3 is 0 Å². The molecule has 0 N–H and O–H groups in total. The molecule has 0 aromatic heterocycles. The molecular formula is C10H11BrClNO5S. The Labute approximate surface area is 123 Å². The van der Waals surface area contributed by atoms with Crippen LogP contribution in [0.4, 0.5) is 5.69 Å². The van der Waals surface area contributed by atoms with Crippen molar-refractivity contribution in [1.29, 1.82) is 0 Å². The summed E-state index contributed by atoms with van der Waals surface area (Å²) in [4.78, 5) is 10.1. The lowest BCUT2D eigenvalue weighted by Crippen LogP contribution is -2.03. The molecule has 1 aromatic carbocycles. The first-order valence-electron chi connectivity index (χ1n) is 5.28. The second-order valence-electron chi connectivity index (χ2n) is 3.67. The predicted molar refractivity (Wildman–Crippen MR) is 75.2 cm³/mol. The molecule has 0 aliphatic rings. The monoisotopic (exact) mass is 371 g/mol. The van der Waals surface area contributed by atoms with Crippen molar-refractivity contribution in [2.75, 3.05) is 12.4 Å². The van der Waals surface area contributed by atoms with Crippen LogP contribution < -0.4 is 4.74 Å². The van der Waals surface area contributed by atoms with Crippen LogP contribution in [0.25, 0.3) is 0 Å². The van der Waals surface area contributed by atoms with Crippen molar-refractivity contribution in [3.05, 3.63) is 32.8 Å². The Kier molecular flexibility index (Phi) is 6.02. The number of halogens is 2. The molecule has 0 aliphatic heterocycles. The van der Waals surface area contributed by atoms with Gasteiger partial charge in [-0.3, -0.25) is 10.1 Å². The number of nitro benzene ring substituents is 1. The summed E-state index contributed by atoms with van der Waals surface area (Å²) in [6.07, 6.45) is 0.861. The maximum Gasteiger partial charge on any atom is 0.273 e. The van der Waals surface area contributed by atoms with Crippen LogP contribution in [0.3, 0.4) is 0 Å². The van der Waals surface area contributed by atoms with Gasteiger partial charge in [-0.15, -0.1) is 0 Å². The van der Waals surface area contributed by atoms with Crippen molar-refractivity contribution in [2.45, 2.75) is 12.8 Å². The minimum atomic E-state index is -3.48. The van der Waals surface area contributed by atoms with E-state index in [-0.39, 0.29) is 18.0 Å². The van der Waals surface area contributed by atoms with Crippen LogP contribution in [0.5, 0.6) is 5.75 Å². The zero-order chi connectivity index (χ0) is 14.5. The van der Waals surface area contributed by atoms with Crippen LogP contribution in [0.2, 0.25) is 0 Å². The average Bonchev–Trinajstić information content (AvgIpc) is 2.29. The number of hydrogen-bond donors (Lipinski definition) is 0. The molecule has 1 aromatic rings. The normalized spacial score (nSPS) is 11.3. The number of nitro groups is 1. The lowest BCUT2D eigenvalue weighted by Gasteiger charge is -2.07. The quantitative estimate of drug-likeness (QED) is 0.318. The fourth-order valence-corrected chi connectivity index (χ4v) is 2.51. The highest BCUT2D eigenvalue weighted by Crippen LogP contribution is 2.29. The molecule has 1 rings (SSSR count). The Bertz CT molecular complexity index is 563. The average molecular weight is 373 g/mol. The molecule has 0 unspecified atom stereocenters. The van der Waals surface area contributed by atoms with Gasteiger partial charge in [0.1, 0.15) is 5.75 Å². The summed E-state index contributed by atoms with van der Waals surface area (Å²) >= 11 is 3.22. The molecule has 106 valence electrons. The van der Waals surface area contributed by atoms with E-state index in [1.807, 2.05) is 0 Å². The van der Waals surface area contributed by atoms with E-state index in [0.29, 0.717) is 23.1 Å². The fraction of sp³-hybridized carbons (Fsp3) is 0.400. The first-order valence-corrected chi connectivity index (χ1v) is 8.56. The molecule has 0 saturated carbocycles. The highest BCUT2D eigenvalue weighted by molar-refractivity contribution is 9.10. The number of ether oxygens (including phenoxy) is 1. The molecule has 0 radical (unpaired) electrons. The summed E-state index contributed by atoms with van der Waals surface area (Å²) in [6, 6.07) is 4.19. The van der Waals surface area contributed by atoms with E-state index in [1.165, 1.54) is 18.2 Å². The van der Waals surface area contributed by atoms with E-state index in [1.54, 1.807) is 0 Å².